The van der Waals surface area contributed by atoms with Crippen LogP contribution in [0.15, 0.2) is 24.8 Å². The molecule has 4 heterocycles. The van der Waals surface area contributed by atoms with Gasteiger partial charge in [0, 0.05) is 42.7 Å². The highest BCUT2D eigenvalue weighted by Gasteiger charge is 2.33. The van der Waals surface area contributed by atoms with Crippen molar-refractivity contribution in [1.82, 2.24) is 34.7 Å². The van der Waals surface area contributed by atoms with Crippen molar-refractivity contribution in [1.29, 1.82) is 0 Å². The number of hydrogen-bond donors (Lipinski definition) is 2. The molecular weight excluding hydrogens is 412 g/mol. The van der Waals surface area contributed by atoms with Crippen LogP contribution < -0.4 is 5.32 Å². The molecule has 168 valence electrons. The highest BCUT2D eigenvalue weighted by atomic mass is 16.6. The Morgan fingerprint density at radius 2 is 2.19 bits per heavy atom. The molecule has 3 aromatic rings. The van der Waals surface area contributed by atoms with E-state index in [1.54, 1.807) is 12.4 Å². The van der Waals surface area contributed by atoms with E-state index in [0.29, 0.717) is 11.6 Å². The van der Waals surface area contributed by atoms with E-state index >= 15 is 0 Å². The number of anilines is 1. The van der Waals surface area contributed by atoms with E-state index in [1.165, 1.54) is 10.8 Å². The summed E-state index contributed by atoms with van der Waals surface area (Å²) in [4.78, 5) is 34.8. The largest absolute Gasteiger partial charge is 0.446 e. The van der Waals surface area contributed by atoms with Crippen LogP contribution in [0.3, 0.4) is 0 Å². The van der Waals surface area contributed by atoms with Gasteiger partial charge in [-0.1, -0.05) is 0 Å². The number of carbonyl (C=O) groups excluding carboxylic acids is 2. The third-order valence-electron chi connectivity index (χ3n) is 6.30. The SMILES string of the molecule is C[C@H]1CCCN1C(=O)O[C@@H]1CC[C@H](c2cc(NC(=O)Cc3cnc4ncnn4c3)n[nH]2)C1. The van der Waals surface area contributed by atoms with E-state index in [1.807, 2.05) is 11.0 Å². The zero-order valence-electron chi connectivity index (χ0n) is 17.9. The molecule has 1 saturated heterocycles. The molecule has 2 N–H and O–H groups in total. The summed E-state index contributed by atoms with van der Waals surface area (Å²) in [5.74, 6) is 0.996. The number of nitrogens with one attached hydrogen (secondary N) is 2. The van der Waals surface area contributed by atoms with E-state index in [2.05, 4.69) is 37.5 Å². The zero-order chi connectivity index (χ0) is 22.1. The number of ether oxygens (including phenoxy) is 1. The molecule has 0 aromatic carbocycles. The minimum atomic E-state index is -0.197. The molecule has 0 bridgehead atoms. The van der Waals surface area contributed by atoms with E-state index < -0.39 is 0 Å². The first-order valence-corrected chi connectivity index (χ1v) is 11.0. The number of H-pyrrole nitrogens is 1. The van der Waals surface area contributed by atoms with Crippen LogP contribution in [-0.2, 0) is 16.0 Å². The Morgan fingerprint density at radius 1 is 1.28 bits per heavy atom. The van der Waals surface area contributed by atoms with Gasteiger partial charge in [0.2, 0.25) is 5.91 Å². The molecule has 0 spiro atoms. The Bertz CT molecular complexity index is 1130. The number of fused-ring (bicyclic) bond motifs is 1. The summed E-state index contributed by atoms with van der Waals surface area (Å²) in [7, 11) is 0. The molecule has 2 fully saturated rings. The van der Waals surface area contributed by atoms with Crippen molar-refractivity contribution >= 4 is 23.6 Å². The highest BCUT2D eigenvalue weighted by Crippen LogP contribution is 2.36. The van der Waals surface area contributed by atoms with Crippen molar-refractivity contribution in [2.24, 2.45) is 0 Å². The molecule has 1 aliphatic carbocycles. The van der Waals surface area contributed by atoms with E-state index in [9.17, 15) is 9.59 Å². The summed E-state index contributed by atoms with van der Waals surface area (Å²) >= 11 is 0. The number of likely N-dealkylation sites (tertiary alicyclic amines) is 1. The third kappa shape index (κ3) is 4.27. The quantitative estimate of drug-likeness (QED) is 0.625. The molecule has 2 aliphatic rings. The number of amides is 2. The normalized spacial score (nSPS) is 23.0. The van der Waals surface area contributed by atoms with Crippen LogP contribution >= 0.6 is 0 Å². The van der Waals surface area contributed by atoms with E-state index in [-0.39, 0.29) is 36.5 Å². The van der Waals surface area contributed by atoms with Crippen LogP contribution in [-0.4, -0.2) is 65.4 Å². The van der Waals surface area contributed by atoms with Crippen molar-refractivity contribution in [3.8, 4) is 0 Å². The minimum absolute atomic E-state index is 0.0826. The fourth-order valence-corrected chi connectivity index (χ4v) is 4.58. The van der Waals surface area contributed by atoms with Gasteiger partial charge >= 0.3 is 6.09 Å². The van der Waals surface area contributed by atoms with Gasteiger partial charge in [-0.25, -0.2) is 14.3 Å². The van der Waals surface area contributed by atoms with Crippen LogP contribution in [0.1, 0.15) is 56.2 Å². The molecular formula is C21H26N8O3. The zero-order valence-corrected chi connectivity index (χ0v) is 17.9. The molecule has 1 saturated carbocycles. The van der Waals surface area contributed by atoms with Crippen LogP contribution in [0.5, 0.6) is 0 Å². The predicted molar refractivity (Wildman–Crippen MR) is 114 cm³/mol. The van der Waals surface area contributed by atoms with Crippen molar-refractivity contribution in [3.63, 3.8) is 0 Å². The van der Waals surface area contributed by atoms with Crippen LogP contribution in [0.2, 0.25) is 0 Å². The minimum Gasteiger partial charge on any atom is -0.446 e. The predicted octanol–water partition coefficient (Wildman–Crippen LogP) is 2.29. The van der Waals surface area contributed by atoms with Gasteiger partial charge in [0.25, 0.3) is 5.78 Å². The lowest BCUT2D eigenvalue weighted by Crippen LogP contribution is -2.36. The number of nitrogens with zero attached hydrogens (tertiary/aromatic N) is 6. The first-order chi connectivity index (χ1) is 15.5. The Balaban J connectivity index is 1.13. The lowest BCUT2D eigenvalue weighted by molar-refractivity contribution is -0.115. The molecule has 5 rings (SSSR count). The maximum absolute atomic E-state index is 12.4. The summed E-state index contributed by atoms with van der Waals surface area (Å²) in [5, 5.41) is 14.1. The molecule has 2 amide bonds. The Hall–Kier alpha value is -3.50. The van der Waals surface area contributed by atoms with Crippen LogP contribution in [0.25, 0.3) is 5.78 Å². The Morgan fingerprint density at radius 3 is 3.03 bits per heavy atom. The lowest BCUT2D eigenvalue weighted by atomic mass is 10.0. The molecule has 11 heteroatoms. The summed E-state index contributed by atoms with van der Waals surface area (Å²) in [6.45, 7) is 2.85. The van der Waals surface area contributed by atoms with Gasteiger partial charge in [0.05, 0.1) is 6.42 Å². The molecule has 11 nitrogen and oxygen atoms in total. The monoisotopic (exact) mass is 438 g/mol. The van der Waals surface area contributed by atoms with Crippen molar-refractivity contribution < 1.29 is 14.3 Å². The van der Waals surface area contributed by atoms with Crippen molar-refractivity contribution in [2.75, 3.05) is 11.9 Å². The van der Waals surface area contributed by atoms with Gasteiger partial charge in [0.1, 0.15) is 12.4 Å². The molecule has 1 aliphatic heterocycles. The topological polar surface area (TPSA) is 130 Å². The van der Waals surface area contributed by atoms with Crippen molar-refractivity contribution in [2.45, 2.75) is 63.5 Å². The Kier molecular flexibility index (Phi) is 5.46. The fourth-order valence-electron chi connectivity index (χ4n) is 4.58. The Labute approximate surface area is 184 Å². The fraction of sp³-hybridized carbons (Fsp3) is 0.524. The summed E-state index contributed by atoms with van der Waals surface area (Å²) in [5.41, 5.74) is 1.67. The second kappa shape index (κ2) is 8.56. The number of carbonyl (C=O) groups is 2. The van der Waals surface area contributed by atoms with Crippen LogP contribution in [0.4, 0.5) is 10.6 Å². The van der Waals surface area contributed by atoms with Gasteiger partial charge in [-0.15, -0.1) is 0 Å². The second-order valence-electron chi connectivity index (χ2n) is 8.60. The standard InChI is InChI=1S/C21H26N8O3/c1-13-3-2-6-28(13)21(31)32-16-5-4-15(8-16)17-9-18(27-26-17)25-19(30)7-14-10-22-20-23-12-24-29(20)11-14/h9-13,15-16H,2-8H2,1H3,(H2,25,26,27,30)/t13-,15-,16+/m0/s1. The second-order valence-corrected chi connectivity index (χ2v) is 8.60. The molecule has 3 aromatic heterocycles. The smallest absolute Gasteiger partial charge is 0.410 e. The molecule has 0 unspecified atom stereocenters. The lowest BCUT2D eigenvalue weighted by Gasteiger charge is -2.23. The molecule has 32 heavy (non-hydrogen) atoms. The first kappa shape index (κ1) is 20.4. The maximum atomic E-state index is 12.4. The number of aromatic amines is 1. The van der Waals surface area contributed by atoms with Gasteiger partial charge in [0.15, 0.2) is 5.82 Å². The van der Waals surface area contributed by atoms with Gasteiger partial charge in [-0.3, -0.25) is 9.89 Å². The van der Waals surface area contributed by atoms with Gasteiger partial charge < -0.3 is 15.0 Å². The van der Waals surface area contributed by atoms with Gasteiger partial charge in [-0.05, 0) is 44.6 Å². The third-order valence-corrected chi connectivity index (χ3v) is 6.30. The molecule has 3 atom stereocenters. The van der Waals surface area contributed by atoms with Gasteiger partial charge in [-0.2, -0.15) is 15.2 Å². The summed E-state index contributed by atoms with van der Waals surface area (Å²) < 4.78 is 7.28. The average molecular weight is 438 g/mol. The summed E-state index contributed by atoms with van der Waals surface area (Å²) in [6.07, 6.45) is 9.21. The number of hydrogen-bond acceptors (Lipinski definition) is 7. The average Bonchev–Trinajstić information content (AvgIpc) is 3.54. The number of aromatic nitrogens is 6. The van der Waals surface area contributed by atoms with Crippen molar-refractivity contribution in [3.05, 3.63) is 36.0 Å². The van der Waals surface area contributed by atoms with E-state index in [4.69, 9.17) is 4.74 Å². The van der Waals surface area contributed by atoms with Crippen LogP contribution in [0, 0.1) is 0 Å². The first-order valence-electron chi connectivity index (χ1n) is 11.0. The number of rotatable bonds is 5. The highest BCUT2D eigenvalue weighted by molar-refractivity contribution is 5.91. The maximum Gasteiger partial charge on any atom is 0.410 e. The molecule has 0 radical (unpaired) electrons. The van der Waals surface area contributed by atoms with E-state index in [0.717, 1.165) is 49.9 Å². The summed E-state index contributed by atoms with van der Waals surface area (Å²) in [6, 6.07) is 2.11.